The Labute approximate surface area is 133 Å². The second-order valence-electron chi connectivity index (χ2n) is 5.33. The number of aryl methyl sites for hydroxylation is 1. The van der Waals surface area contributed by atoms with Gasteiger partial charge in [-0.15, -0.1) is 0 Å². The van der Waals surface area contributed by atoms with Crippen LogP contribution in [-0.2, 0) is 4.79 Å². The van der Waals surface area contributed by atoms with Crippen LogP contribution >= 0.6 is 0 Å². The first-order valence-electron chi connectivity index (χ1n) is 7.19. The van der Waals surface area contributed by atoms with E-state index >= 15 is 0 Å². The van der Waals surface area contributed by atoms with Gasteiger partial charge in [0.2, 0.25) is 0 Å². The van der Waals surface area contributed by atoms with Gasteiger partial charge in [-0.3, -0.25) is 14.6 Å². The average Bonchev–Trinajstić information content (AvgIpc) is 2.54. The van der Waals surface area contributed by atoms with Crippen LogP contribution in [0.2, 0.25) is 0 Å². The third-order valence-electron chi connectivity index (χ3n) is 3.50. The molecule has 1 aromatic carbocycles. The van der Waals surface area contributed by atoms with E-state index in [0.29, 0.717) is 11.4 Å². The van der Waals surface area contributed by atoms with Gasteiger partial charge in [0.05, 0.1) is 23.6 Å². The van der Waals surface area contributed by atoms with Gasteiger partial charge >= 0.3 is 0 Å². The molecule has 1 atom stereocenters. The zero-order valence-electron chi connectivity index (χ0n) is 12.8. The Morgan fingerprint density at radius 2 is 2.17 bits per heavy atom. The Balaban J connectivity index is 1.74. The number of amides is 2. The van der Waals surface area contributed by atoms with Crippen molar-refractivity contribution in [3.05, 3.63) is 47.5 Å². The van der Waals surface area contributed by atoms with E-state index < -0.39 is 0 Å². The van der Waals surface area contributed by atoms with E-state index in [1.165, 1.54) is 6.20 Å². The van der Waals surface area contributed by atoms with Gasteiger partial charge < -0.3 is 15.4 Å². The van der Waals surface area contributed by atoms with Crippen LogP contribution in [0.3, 0.4) is 0 Å². The van der Waals surface area contributed by atoms with Gasteiger partial charge in [0.15, 0.2) is 6.61 Å². The van der Waals surface area contributed by atoms with E-state index in [2.05, 4.69) is 20.6 Å². The molecule has 3 rings (SSSR count). The van der Waals surface area contributed by atoms with Crippen LogP contribution in [0.5, 0.6) is 5.75 Å². The molecule has 23 heavy (non-hydrogen) atoms. The Morgan fingerprint density at radius 3 is 2.91 bits per heavy atom. The number of nitrogens with zero attached hydrogens (tertiary/aromatic N) is 2. The number of hydrogen-bond donors (Lipinski definition) is 2. The van der Waals surface area contributed by atoms with Crippen molar-refractivity contribution in [2.45, 2.75) is 19.9 Å². The molecule has 1 aliphatic rings. The standard InChI is InChI=1S/C16H16N4O3/c1-9-6-18-13(7-17-9)16(22)19-10(2)11-3-4-14-12(5-11)20-15(21)8-23-14/h3-7,10H,8H2,1-2H3,(H,19,22)(H,20,21). The average molecular weight is 312 g/mol. The molecule has 1 unspecified atom stereocenters. The van der Waals surface area contributed by atoms with Crippen LogP contribution in [0.1, 0.15) is 34.7 Å². The molecule has 0 aliphatic carbocycles. The van der Waals surface area contributed by atoms with Crippen molar-refractivity contribution in [1.29, 1.82) is 0 Å². The van der Waals surface area contributed by atoms with E-state index in [9.17, 15) is 9.59 Å². The highest BCUT2D eigenvalue weighted by atomic mass is 16.5. The van der Waals surface area contributed by atoms with Crippen LogP contribution < -0.4 is 15.4 Å². The quantitative estimate of drug-likeness (QED) is 0.898. The first-order chi connectivity index (χ1) is 11.0. The summed E-state index contributed by atoms with van der Waals surface area (Å²) < 4.78 is 5.31. The largest absolute Gasteiger partial charge is 0.482 e. The normalized spacial score (nSPS) is 14.3. The lowest BCUT2D eigenvalue weighted by molar-refractivity contribution is -0.118. The second kappa shape index (κ2) is 6.04. The molecule has 0 saturated heterocycles. The van der Waals surface area contributed by atoms with Gasteiger partial charge in [0, 0.05) is 6.20 Å². The van der Waals surface area contributed by atoms with Crippen molar-refractivity contribution in [2.24, 2.45) is 0 Å². The highest BCUT2D eigenvalue weighted by molar-refractivity contribution is 5.95. The summed E-state index contributed by atoms with van der Waals surface area (Å²) in [6, 6.07) is 5.16. The monoisotopic (exact) mass is 312 g/mol. The van der Waals surface area contributed by atoms with Gasteiger partial charge in [0.25, 0.3) is 11.8 Å². The maximum absolute atomic E-state index is 12.2. The molecule has 7 nitrogen and oxygen atoms in total. The number of anilines is 1. The topological polar surface area (TPSA) is 93.2 Å². The summed E-state index contributed by atoms with van der Waals surface area (Å²) in [5.41, 5.74) is 2.47. The fourth-order valence-electron chi connectivity index (χ4n) is 2.23. The molecule has 7 heteroatoms. The molecular weight excluding hydrogens is 296 g/mol. The number of nitrogens with one attached hydrogen (secondary N) is 2. The number of benzene rings is 1. The van der Waals surface area contributed by atoms with E-state index in [4.69, 9.17) is 4.74 Å². The van der Waals surface area contributed by atoms with Crippen molar-refractivity contribution in [3.63, 3.8) is 0 Å². The van der Waals surface area contributed by atoms with Crippen LogP contribution in [0.25, 0.3) is 0 Å². The molecule has 1 aromatic heterocycles. The summed E-state index contributed by atoms with van der Waals surface area (Å²) in [6.45, 7) is 3.68. The van der Waals surface area contributed by atoms with Crippen molar-refractivity contribution in [2.75, 3.05) is 11.9 Å². The minimum atomic E-state index is -0.303. The summed E-state index contributed by atoms with van der Waals surface area (Å²) in [5.74, 6) is 0.126. The summed E-state index contributed by atoms with van der Waals surface area (Å²) in [4.78, 5) is 31.7. The minimum absolute atomic E-state index is 0.0186. The number of carbonyl (C=O) groups excluding carboxylic acids is 2. The maximum atomic E-state index is 12.2. The predicted molar refractivity (Wildman–Crippen MR) is 83.2 cm³/mol. The lowest BCUT2D eigenvalue weighted by Gasteiger charge is -2.20. The highest BCUT2D eigenvalue weighted by Crippen LogP contribution is 2.30. The van der Waals surface area contributed by atoms with Gasteiger partial charge in [-0.2, -0.15) is 0 Å². The highest BCUT2D eigenvalue weighted by Gasteiger charge is 2.18. The number of aromatic nitrogens is 2. The lowest BCUT2D eigenvalue weighted by Crippen LogP contribution is -2.28. The fraction of sp³-hybridized carbons (Fsp3) is 0.250. The third-order valence-corrected chi connectivity index (χ3v) is 3.50. The number of fused-ring (bicyclic) bond motifs is 1. The van der Waals surface area contributed by atoms with E-state index in [1.807, 2.05) is 13.0 Å². The zero-order valence-corrected chi connectivity index (χ0v) is 12.8. The number of rotatable bonds is 3. The molecule has 0 spiro atoms. The van der Waals surface area contributed by atoms with Gasteiger partial charge in [0.1, 0.15) is 11.4 Å². The Kier molecular flexibility index (Phi) is 3.92. The third kappa shape index (κ3) is 3.28. The van der Waals surface area contributed by atoms with E-state index in [1.54, 1.807) is 25.3 Å². The molecule has 2 aromatic rings. The van der Waals surface area contributed by atoms with Crippen molar-refractivity contribution < 1.29 is 14.3 Å². The minimum Gasteiger partial charge on any atom is -0.482 e. The van der Waals surface area contributed by atoms with Crippen LogP contribution in [-0.4, -0.2) is 28.4 Å². The summed E-state index contributed by atoms with van der Waals surface area (Å²) in [6.07, 6.45) is 2.99. The summed E-state index contributed by atoms with van der Waals surface area (Å²) in [5, 5.41) is 5.60. The maximum Gasteiger partial charge on any atom is 0.271 e. The molecule has 118 valence electrons. The Morgan fingerprint density at radius 1 is 1.35 bits per heavy atom. The Hall–Kier alpha value is -2.96. The SMILES string of the molecule is Cc1cnc(C(=O)NC(C)c2ccc3c(c2)NC(=O)CO3)cn1. The Bertz CT molecular complexity index is 758. The number of hydrogen-bond acceptors (Lipinski definition) is 5. The van der Waals surface area contributed by atoms with Crippen molar-refractivity contribution in [1.82, 2.24) is 15.3 Å². The lowest BCUT2D eigenvalue weighted by atomic mass is 10.1. The second-order valence-corrected chi connectivity index (χ2v) is 5.33. The first kappa shape index (κ1) is 15.0. The zero-order chi connectivity index (χ0) is 16.4. The van der Waals surface area contributed by atoms with Crippen LogP contribution in [0.4, 0.5) is 5.69 Å². The molecule has 0 bridgehead atoms. The molecular formula is C16H16N4O3. The molecule has 0 radical (unpaired) electrons. The fourth-order valence-corrected chi connectivity index (χ4v) is 2.23. The van der Waals surface area contributed by atoms with Crippen molar-refractivity contribution >= 4 is 17.5 Å². The summed E-state index contributed by atoms with van der Waals surface area (Å²) in [7, 11) is 0. The first-order valence-corrected chi connectivity index (χ1v) is 7.19. The van der Waals surface area contributed by atoms with Crippen LogP contribution in [0.15, 0.2) is 30.6 Å². The molecule has 0 saturated carbocycles. The van der Waals surface area contributed by atoms with E-state index in [0.717, 1.165) is 11.3 Å². The summed E-state index contributed by atoms with van der Waals surface area (Å²) >= 11 is 0. The molecule has 1 aliphatic heterocycles. The predicted octanol–water partition coefficient (Wildman–Crippen LogP) is 1.61. The molecule has 2 heterocycles. The smallest absolute Gasteiger partial charge is 0.271 e. The number of ether oxygens (including phenoxy) is 1. The van der Waals surface area contributed by atoms with E-state index in [-0.39, 0.29) is 30.2 Å². The molecule has 2 amide bonds. The van der Waals surface area contributed by atoms with Gasteiger partial charge in [-0.1, -0.05) is 6.07 Å². The van der Waals surface area contributed by atoms with Crippen LogP contribution in [0, 0.1) is 6.92 Å². The number of carbonyl (C=O) groups is 2. The molecule has 0 fully saturated rings. The van der Waals surface area contributed by atoms with Crippen molar-refractivity contribution in [3.8, 4) is 5.75 Å². The van der Waals surface area contributed by atoms with Gasteiger partial charge in [-0.05, 0) is 31.5 Å². The molecule has 2 N–H and O–H groups in total. The van der Waals surface area contributed by atoms with Gasteiger partial charge in [-0.25, -0.2) is 4.98 Å².